The maximum atomic E-state index is 12.4. The lowest BCUT2D eigenvalue weighted by atomic mass is 10.1. The Hall–Kier alpha value is -3.87. The summed E-state index contributed by atoms with van der Waals surface area (Å²) < 4.78 is 16.1. The average molecular weight is 373 g/mol. The molecule has 0 fully saturated rings. The number of nitrogens with one attached hydrogen (secondary N) is 1. The van der Waals surface area contributed by atoms with Crippen molar-refractivity contribution in [2.75, 3.05) is 6.79 Å². The van der Waals surface area contributed by atoms with E-state index in [1.807, 2.05) is 48.5 Å². The quantitative estimate of drug-likeness (QED) is 0.589. The molecule has 28 heavy (non-hydrogen) atoms. The lowest BCUT2D eigenvalue weighted by Crippen LogP contribution is -2.23. The Bertz CT molecular complexity index is 1190. The highest BCUT2D eigenvalue weighted by Crippen LogP contribution is 2.36. The minimum absolute atomic E-state index is 0.218. The van der Waals surface area contributed by atoms with Crippen molar-refractivity contribution in [2.24, 2.45) is 0 Å². The van der Waals surface area contributed by atoms with Gasteiger partial charge >= 0.3 is 0 Å². The number of carbonyl (C=O) groups excluding carboxylic acids is 1. The molecule has 1 aliphatic rings. The van der Waals surface area contributed by atoms with E-state index in [1.54, 1.807) is 12.1 Å². The minimum atomic E-state index is -0.265. The Balaban J connectivity index is 1.28. The van der Waals surface area contributed by atoms with Crippen LogP contribution in [0.4, 0.5) is 0 Å². The number of hydrogen-bond donors (Lipinski definition) is 1. The fraction of sp³-hybridized carbons (Fsp3) is 0.0952. The number of nitrogens with zero attached hydrogens (tertiary/aromatic N) is 2. The summed E-state index contributed by atoms with van der Waals surface area (Å²) in [6.07, 6.45) is 0. The van der Waals surface area contributed by atoms with Crippen LogP contribution in [0.5, 0.6) is 11.5 Å². The van der Waals surface area contributed by atoms with Crippen LogP contribution in [0, 0.1) is 0 Å². The van der Waals surface area contributed by atoms with Gasteiger partial charge in [-0.1, -0.05) is 29.4 Å². The van der Waals surface area contributed by atoms with E-state index in [9.17, 15) is 4.79 Å². The summed E-state index contributed by atoms with van der Waals surface area (Å²) >= 11 is 0. The number of benzene rings is 2. The molecule has 3 heterocycles. The molecule has 2 aromatic heterocycles. The largest absolute Gasteiger partial charge is 0.454 e. The first-order chi connectivity index (χ1) is 13.8. The molecule has 0 bridgehead atoms. The Labute approximate surface area is 159 Å². The molecule has 0 saturated carbocycles. The Morgan fingerprint density at radius 3 is 2.86 bits per heavy atom. The molecule has 0 unspecified atom stereocenters. The van der Waals surface area contributed by atoms with Crippen LogP contribution in [-0.2, 0) is 6.54 Å². The number of pyridine rings is 1. The Morgan fingerprint density at radius 1 is 1.00 bits per heavy atom. The van der Waals surface area contributed by atoms with Crippen LogP contribution in [-0.4, -0.2) is 22.8 Å². The lowest BCUT2D eigenvalue weighted by Gasteiger charge is -2.03. The van der Waals surface area contributed by atoms with Crippen molar-refractivity contribution in [3.63, 3.8) is 0 Å². The highest BCUT2D eigenvalue weighted by atomic mass is 16.7. The van der Waals surface area contributed by atoms with Crippen LogP contribution in [0.1, 0.15) is 16.2 Å². The van der Waals surface area contributed by atoms with Gasteiger partial charge < -0.3 is 19.3 Å². The summed E-state index contributed by atoms with van der Waals surface area (Å²) in [4.78, 5) is 16.8. The lowest BCUT2D eigenvalue weighted by molar-refractivity contribution is 0.0945. The van der Waals surface area contributed by atoms with Gasteiger partial charge in [0.05, 0.1) is 12.1 Å². The fourth-order valence-corrected chi connectivity index (χ4v) is 3.03. The molecule has 0 radical (unpaired) electrons. The van der Waals surface area contributed by atoms with E-state index in [2.05, 4.69) is 15.5 Å². The normalized spacial score (nSPS) is 12.3. The second-order valence-electron chi connectivity index (χ2n) is 6.32. The number of para-hydroxylation sites is 1. The molecule has 2 aromatic carbocycles. The van der Waals surface area contributed by atoms with Crippen LogP contribution in [0.2, 0.25) is 0 Å². The zero-order valence-corrected chi connectivity index (χ0v) is 14.7. The Morgan fingerprint density at radius 2 is 1.89 bits per heavy atom. The van der Waals surface area contributed by atoms with E-state index in [-0.39, 0.29) is 19.2 Å². The zero-order valence-electron chi connectivity index (χ0n) is 14.7. The summed E-state index contributed by atoms with van der Waals surface area (Å²) in [6.45, 7) is 0.455. The number of rotatable bonds is 4. The van der Waals surface area contributed by atoms with Crippen molar-refractivity contribution in [2.45, 2.75) is 6.54 Å². The third-order valence-corrected chi connectivity index (χ3v) is 4.48. The molecule has 7 heteroatoms. The molecule has 1 N–H and O–H groups in total. The van der Waals surface area contributed by atoms with Gasteiger partial charge in [-0.3, -0.25) is 4.79 Å². The third-order valence-electron chi connectivity index (χ3n) is 4.48. The molecule has 1 aliphatic heterocycles. The van der Waals surface area contributed by atoms with Crippen LogP contribution in [0.3, 0.4) is 0 Å². The molecule has 5 rings (SSSR count). The highest BCUT2D eigenvalue weighted by molar-refractivity contribution is 5.94. The van der Waals surface area contributed by atoms with Gasteiger partial charge in [-0.05, 0) is 30.3 Å². The van der Waals surface area contributed by atoms with E-state index >= 15 is 0 Å². The first-order valence-electron chi connectivity index (χ1n) is 8.76. The monoisotopic (exact) mass is 373 g/mol. The van der Waals surface area contributed by atoms with Gasteiger partial charge in [0.25, 0.3) is 5.91 Å². The van der Waals surface area contributed by atoms with E-state index in [1.165, 1.54) is 0 Å². The van der Waals surface area contributed by atoms with Crippen LogP contribution >= 0.6 is 0 Å². The maximum Gasteiger partial charge on any atom is 0.270 e. The van der Waals surface area contributed by atoms with E-state index in [0.29, 0.717) is 28.6 Å². The molecule has 138 valence electrons. The first kappa shape index (κ1) is 16.3. The van der Waals surface area contributed by atoms with Crippen molar-refractivity contribution in [3.8, 4) is 22.8 Å². The second-order valence-corrected chi connectivity index (χ2v) is 6.32. The summed E-state index contributed by atoms with van der Waals surface area (Å²) in [5.41, 5.74) is 2.58. The highest BCUT2D eigenvalue weighted by Gasteiger charge is 2.16. The number of carbonyl (C=O) groups is 1. The first-order valence-corrected chi connectivity index (χ1v) is 8.76. The number of amides is 1. The van der Waals surface area contributed by atoms with Crippen molar-refractivity contribution in [1.82, 2.24) is 15.5 Å². The molecule has 1 amide bonds. The van der Waals surface area contributed by atoms with Crippen LogP contribution in [0.25, 0.3) is 22.2 Å². The molecule has 0 aliphatic carbocycles. The van der Waals surface area contributed by atoms with Gasteiger partial charge in [-0.25, -0.2) is 4.98 Å². The number of ether oxygens (including phenoxy) is 2. The summed E-state index contributed by atoms with van der Waals surface area (Å²) in [7, 11) is 0. The van der Waals surface area contributed by atoms with Gasteiger partial charge in [-0.15, -0.1) is 0 Å². The topological polar surface area (TPSA) is 86.5 Å². The van der Waals surface area contributed by atoms with Crippen molar-refractivity contribution in [1.29, 1.82) is 0 Å². The van der Waals surface area contributed by atoms with E-state index in [4.69, 9.17) is 14.0 Å². The Kier molecular flexibility index (Phi) is 3.90. The van der Waals surface area contributed by atoms with Gasteiger partial charge in [-0.2, -0.15) is 0 Å². The van der Waals surface area contributed by atoms with Crippen LogP contribution in [0.15, 0.2) is 65.2 Å². The molecule has 0 atom stereocenters. The fourth-order valence-electron chi connectivity index (χ4n) is 3.03. The molecular weight excluding hydrogens is 358 g/mol. The maximum absolute atomic E-state index is 12.4. The molecule has 7 nitrogen and oxygen atoms in total. The number of fused-ring (bicyclic) bond motifs is 2. The second kappa shape index (κ2) is 6.70. The van der Waals surface area contributed by atoms with Crippen molar-refractivity contribution >= 4 is 16.8 Å². The molecule has 4 aromatic rings. The van der Waals surface area contributed by atoms with Gasteiger partial charge in [0.1, 0.15) is 11.4 Å². The zero-order chi connectivity index (χ0) is 18.9. The van der Waals surface area contributed by atoms with Crippen LogP contribution < -0.4 is 14.8 Å². The minimum Gasteiger partial charge on any atom is -0.454 e. The van der Waals surface area contributed by atoms with Crippen molar-refractivity contribution in [3.05, 3.63) is 72.1 Å². The van der Waals surface area contributed by atoms with Gasteiger partial charge in [0.2, 0.25) is 6.79 Å². The van der Waals surface area contributed by atoms with E-state index < -0.39 is 0 Å². The standard InChI is InChI=1S/C21H15N3O4/c25-21(17-7-5-13-3-1-2-4-16(13)23-17)22-11-15-10-19(28-24-15)14-6-8-18-20(9-14)27-12-26-18/h1-10H,11-12H2,(H,22,25). The van der Waals surface area contributed by atoms with Crippen molar-refractivity contribution < 1.29 is 18.8 Å². The van der Waals surface area contributed by atoms with Gasteiger partial charge in [0.15, 0.2) is 17.3 Å². The smallest absolute Gasteiger partial charge is 0.270 e. The molecular formula is C21H15N3O4. The molecule has 0 saturated heterocycles. The third kappa shape index (κ3) is 3.03. The van der Waals surface area contributed by atoms with Gasteiger partial charge in [0, 0.05) is 17.0 Å². The summed E-state index contributed by atoms with van der Waals surface area (Å²) in [5.74, 6) is 1.70. The van der Waals surface area contributed by atoms with E-state index in [0.717, 1.165) is 16.5 Å². The predicted molar refractivity (Wildman–Crippen MR) is 101 cm³/mol. The number of aromatic nitrogens is 2. The predicted octanol–water partition coefficient (Wildman–Crippen LogP) is 3.55. The summed E-state index contributed by atoms with van der Waals surface area (Å²) in [6, 6.07) is 18.6. The molecule has 0 spiro atoms. The average Bonchev–Trinajstić information content (AvgIpc) is 3.40. The SMILES string of the molecule is O=C(NCc1cc(-c2ccc3c(c2)OCO3)on1)c1ccc2ccccc2n1. The summed E-state index contributed by atoms with van der Waals surface area (Å²) in [5, 5.41) is 7.83. The number of hydrogen-bond acceptors (Lipinski definition) is 6.